The molecule has 1 aromatic carbocycles. The molecule has 0 spiro atoms. The lowest BCUT2D eigenvalue weighted by Gasteiger charge is -2.23. The molecular formula is C21H18N4O4S2. The van der Waals surface area contributed by atoms with Crippen LogP contribution in [0.5, 0.6) is 11.5 Å². The van der Waals surface area contributed by atoms with E-state index in [1.807, 2.05) is 54.1 Å². The monoisotopic (exact) mass is 454 g/mol. The Morgan fingerprint density at radius 3 is 2.90 bits per heavy atom. The lowest BCUT2D eigenvalue weighted by atomic mass is 10.2. The van der Waals surface area contributed by atoms with Gasteiger partial charge in [0.2, 0.25) is 6.10 Å². The van der Waals surface area contributed by atoms with Crippen molar-refractivity contribution >= 4 is 28.9 Å². The number of benzene rings is 1. The number of ketones is 1. The summed E-state index contributed by atoms with van der Waals surface area (Å²) < 4.78 is 19.3. The molecule has 0 saturated heterocycles. The fourth-order valence-corrected chi connectivity index (χ4v) is 4.83. The maximum atomic E-state index is 12.8. The molecule has 8 nitrogen and oxygen atoms in total. The summed E-state index contributed by atoms with van der Waals surface area (Å²) in [5.41, 5.74) is 2.51. The average molecular weight is 455 g/mol. The molecule has 0 saturated carbocycles. The van der Waals surface area contributed by atoms with Crippen molar-refractivity contribution in [2.24, 2.45) is 0 Å². The number of aromatic nitrogens is 4. The number of thiazole rings is 1. The third-order valence-electron chi connectivity index (χ3n) is 4.87. The predicted molar refractivity (Wildman–Crippen MR) is 116 cm³/mol. The third-order valence-corrected chi connectivity index (χ3v) is 6.45. The van der Waals surface area contributed by atoms with E-state index in [2.05, 4.69) is 15.2 Å². The van der Waals surface area contributed by atoms with Crippen molar-refractivity contribution in [3.63, 3.8) is 0 Å². The summed E-state index contributed by atoms with van der Waals surface area (Å²) in [6, 6.07) is 9.32. The second-order valence-corrected chi connectivity index (χ2v) is 8.72. The molecule has 0 bridgehead atoms. The summed E-state index contributed by atoms with van der Waals surface area (Å²) in [5.74, 6) is 1.83. The van der Waals surface area contributed by atoms with Gasteiger partial charge in [0, 0.05) is 28.5 Å². The van der Waals surface area contributed by atoms with Gasteiger partial charge in [-0.1, -0.05) is 23.9 Å². The molecule has 4 aromatic rings. The number of Topliss-reactive ketones (excluding diaryl/α,β-unsaturated/α-hetero) is 1. The summed E-state index contributed by atoms with van der Waals surface area (Å²) in [4.78, 5) is 17.2. The van der Waals surface area contributed by atoms with Crippen LogP contribution < -0.4 is 9.47 Å². The minimum absolute atomic E-state index is 0.00756. The predicted octanol–water partition coefficient (Wildman–Crippen LogP) is 4.42. The lowest BCUT2D eigenvalue weighted by Crippen LogP contribution is -2.21. The number of thioether (sulfide) groups is 1. The molecule has 31 heavy (non-hydrogen) atoms. The molecule has 0 N–H and O–H groups in total. The van der Waals surface area contributed by atoms with Crippen LogP contribution in [0.15, 0.2) is 51.5 Å². The number of nitrogens with zero attached hydrogens (tertiary/aromatic N) is 4. The Morgan fingerprint density at radius 1 is 1.26 bits per heavy atom. The fourth-order valence-electron chi connectivity index (χ4n) is 3.42. The Kier molecular flexibility index (Phi) is 5.24. The fraction of sp³-hybridized carbons (Fsp3) is 0.238. The summed E-state index contributed by atoms with van der Waals surface area (Å²) in [6.45, 7) is 4.17. The van der Waals surface area contributed by atoms with Crippen molar-refractivity contribution in [2.45, 2.75) is 25.2 Å². The highest BCUT2D eigenvalue weighted by Crippen LogP contribution is 2.36. The van der Waals surface area contributed by atoms with E-state index >= 15 is 0 Å². The summed E-state index contributed by atoms with van der Waals surface area (Å²) in [6.07, 6.45) is 1.27. The molecule has 3 aromatic heterocycles. The topological polar surface area (TPSA) is 92.3 Å². The van der Waals surface area contributed by atoms with Gasteiger partial charge in [0.25, 0.3) is 11.1 Å². The normalized spacial score (nSPS) is 15.2. The number of para-hydroxylation sites is 2. The Hall–Kier alpha value is -3.11. The van der Waals surface area contributed by atoms with E-state index in [0.29, 0.717) is 28.2 Å². The molecule has 1 atom stereocenters. The Bertz CT molecular complexity index is 1230. The minimum atomic E-state index is -0.482. The summed E-state index contributed by atoms with van der Waals surface area (Å²) in [7, 11) is 0. The SMILES string of the molecule is Cc1cc(C(=O)CSc2nnc([C@@H]3COc4ccccc4O3)o2)c(C)n1-c1nccs1. The zero-order valence-electron chi connectivity index (χ0n) is 16.8. The molecule has 4 heterocycles. The number of fused-ring (bicyclic) bond motifs is 1. The first-order valence-corrected chi connectivity index (χ1v) is 11.4. The standard InChI is InChI=1S/C21H18N4O4S2/c1-12-9-14(13(2)25(12)20-22-7-8-30-20)15(26)11-31-21-24-23-19(29-21)18-10-27-16-5-3-4-6-17(16)28-18/h3-9,18H,10-11H2,1-2H3/t18-/m0/s1. The molecule has 0 unspecified atom stereocenters. The highest BCUT2D eigenvalue weighted by Gasteiger charge is 2.27. The van der Waals surface area contributed by atoms with Gasteiger partial charge in [0.15, 0.2) is 22.4 Å². The first-order chi connectivity index (χ1) is 15.1. The van der Waals surface area contributed by atoms with Crippen LogP contribution in [0.25, 0.3) is 5.13 Å². The van der Waals surface area contributed by atoms with Crippen molar-refractivity contribution in [3.8, 4) is 16.6 Å². The molecule has 0 radical (unpaired) electrons. The number of carbonyl (C=O) groups is 1. The van der Waals surface area contributed by atoms with Gasteiger partial charge in [-0.15, -0.1) is 21.5 Å². The van der Waals surface area contributed by atoms with Crippen LogP contribution in [0.3, 0.4) is 0 Å². The van der Waals surface area contributed by atoms with Crippen LogP contribution in [0, 0.1) is 13.8 Å². The number of ether oxygens (including phenoxy) is 2. The zero-order chi connectivity index (χ0) is 21.4. The van der Waals surface area contributed by atoms with Crippen molar-refractivity contribution in [2.75, 3.05) is 12.4 Å². The second kappa shape index (κ2) is 8.20. The van der Waals surface area contributed by atoms with Gasteiger partial charge in [-0.25, -0.2) is 4.98 Å². The molecule has 0 amide bonds. The van der Waals surface area contributed by atoms with Gasteiger partial charge < -0.3 is 13.9 Å². The largest absolute Gasteiger partial charge is 0.485 e. The molecule has 1 aliphatic rings. The highest BCUT2D eigenvalue weighted by molar-refractivity contribution is 7.99. The highest BCUT2D eigenvalue weighted by atomic mass is 32.2. The van der Waals surface area contributed by atoms with Crippen LogP contribution >= 0.6 is 23.1 Å². The van der Waals surface area contributed by atoms with E-state index in [-0.39, 0.29) is 18.1 Å². The summed E-state index contributed by atoms with van der Waals surface area (Å²) >= 11 is 2.74. The van der Waals surface area contributed by atoms with Crippen molar-refractivity contribution in [1.82, 2.24) is 19.7 Å². The maximum Gasteiger partial charge on any atom is 0.277 e. The first kappa shape index (κ1) is 19.8. The average Bonchev–Trinajstić information content (AvgIpc) is 3.52. The zero-order valence-corrected chi connectivity index (χ0v) is 18.4. The van der Waals surface area contributed by atoms with E-state index in [0.717, 1.165) is 16.5 Å². The van der Waals surface area contributed by atoms with Crippen LogP contribution in [-0.2, 0) is 0 Å². The van der Waals surface area contributed by atoms with Crippen molar-refractivity contribution in [1.29, 1.82) is 0 Å². The smallest absolute Gasteiger partial charge is 0.277 e. The van der Waals surface area contributed by atoms with Crippen LogP contribution in [-0.4, -0.2) is 37.9 Å². The molecule has 10 heteroatoms. The number of hydrogen-bond acceptors (Lipinski definition) is 9. The van der Waals surface area contributed by atoms with Gasteiger partial charge >= 0.3 is 0 Å². The van der Waals surface area contributed by atoms with Crippen LogP contribution in [0.4, 0.5) is 0 Å². The van der Waals surface area contributed by atoms with E-state index in [1.54, 1.807) is 6.20 Å². The van der Waals surface area contributed by atoms with Gasteiger partial charge in [-0.3, -0.25) is 9.36 Å². The molecular weight excluding hydrogens is 436 g/mol. The van der Waals surface area contributed by atoms with E-state index in [9.17, 15) is 4.79 Å². The maximum absolute atomic E-state index is 12.8. The van der Waals surface area contributed by atoms with Crippen molar-refractivity contribution < 1.29 is 18.7 Å². The molecule has 158 valence electrons. The number of rotatable bonds is 6. The quantitative estimate of drug-likeness (QED) is 0.312. The summed E-state index contributed by atoms with van der Waals surface area (Å²) in [5, 5.41) is 11.2. The van der Waals surface area contributed by atoms with Gasteiger partial charge in [-0.2, -0.15) is 0 Å². The number of hydrogen-bond donors (Lipinski definition) is 0. The van der Waals surface area contributed by atoms with Gasteiger partial charge in [0.1, 0.15) is 6.61 Å². The van der Waals surface area contributed by atoms with E-state index < -0.39 is 6.10 Å². The minimum Gasteiger partial charge on any atom is -0.485 e. The Morgan fingerprint density at radius 2 is 2.10 bits per heavy atom. The lowest BCUT2D eigenvalue weighted by molar-refractivity contribution is 0.0686. The first-order valence-electron chi connectivity index (χ1n) is 9.57. The third kappa shape index (κ3) is 3.84. The van der Waals surface area contributed by atoms with E-state index in [4.69, 9.17) is 13.9 Å². The van der Waals surface area contributed by atoms with Crippen LogP contribution in [0.1, 0.15) is 33.7 Å². The van der Waals surface area contributed by atoms with Gasteiger partial charge in [-0.05, 0) is 32.0 Å². The number of aryl methyl sites for hydroxylation is 1. The molecule has 5 rings (SSSR count). The molecule has 0 aliphatic carbocycles. The Balaban J connectivity index is 1.25. The number of carbonyl (C=O) groups excluding carboxylic acids is 1. The van der Waals surface area contributed by atoms with E-state index in [1.165, 1.54) is 23.1 Å². The second-order valence-electron chi connectivity index (χ2n) is 6.92. The van der Waals surface area contributed by atoms with Gasteiger partial charge in [0.05, 0.1) is 5.75 Å². The van der Waals surface area contributed by atoms with Crippen LogP contribution in [0.2, 0.25) is 0 Å². The molecule has 0 fully saturated rings. The molecule has 1 aliphatic heterocycles. The Labute approximate surface area is 186 Å². The van der Waals surface area contributed by atoms with Crippen molar-refractivity contribution in [3.05, 3.63) is 64.8 Å².